The van der Waals surface area contributed by atoms with Crippen molar-refractivity contribution in [3.05, 3.63) is 35.1 Å². The summed E-state index contributed by atoms with van der Waals surface area (Å²) in [5, 5.41) is 17.6. The summed E-state index contributed by atoms with van der Waals surface area (Å²) in [6.45, 7) is 1.81. The van der Waals surface area contributed by atoms with Crippen molar-refractivity contribution in [3.8, 4) is 5.69 Å². The lowest BCUT2D eigenvalue weighted by Crippen LogP contribution is -2.45. The minimum Gasteiger partial charge on any atom is -0.348 e. The maximum absolute atomic E-state index is 12.3. The molecular weight excluding hydrogens is 327 g/mol. The van der Waals surface area contributed by atoms with Crippen molar-refractivity contribution in [1.82, 2.24) is 30.8 Å². The molecule has 7 nitrogen and oxygen atoms in total. The Balaban J connectivity index is 0.00000176. The minimum absolute atomic E-state index is 0. The lowest BCUT2D eigenvalue weighted by atomic mass is 10.1. The largest absolute Gasteiger partial charge is 0.348 e. The van der Waals surface area contributed by atoms with Crippen LogP contribution in [0.2, 0.25) is 5.02 Å². The van der Waals surface area contributed by atoms with Crippen LogP contribution >= 0.6 is 24.0 Å². The van der Waals surface area contributed by atoms with E-state index in [4.69, 9.17) is 11.6 Å². The van der Waals surface area contributed by atoms with Crippen LogP contribution < -0.4 is 10.6 Å². The highest BCUT2D eigenvalue weighted by Crippen LogP contribution is 2.20. The van der Waals surface area contributed by atoms with E-state index in [9.17, 15) is 4.79 Å². The Morgan fingerprint density at radius 1 is 1.45 bits per heavy atom. The highest BCUT2D eigenvalue weighted by molar-refractivity contribution is 6.34. The van der Waals surface area contributed by atoms with E-state index < -0.39 is 0 Å². The molecule has 1 fully saturated rings. The molecule has 1 aromatic heterocycles. The van der Waals surface area contributed by atoms with Gasteiger partial charge in [-0.15, -0.1) is 17.5 Å². The highest BCUT2D eigenvalue weighted by Gasteiger charge is 2.18. The zero-order chi connectivity index (χ0) is 14.7. The SMILES string of the molecule is Cl.O=C(N[C@H]1CCCNC1)c1ccc(-n2cnnn2)cc1Cl. The molecule has 0 saturated carbocycles. The Hall–Kier alpha value is -1.70. The zero-order valence-electron chi connectivity index (χ0n) is 11.7. The molecule has 118 valence electrons. The van der Waals surface area contributed by atoms with Gasteiger partial charge in [-0.25, -0.2) is 4.68 Å². The van der Waals surface area contributed by atoms with Gasteiger partial charge < -0.3 is 10.6 Å². The summed E-state index contributed by atoms with van der Waals surface area (Å²) >= 11 is 6.20. The third kappa shape index (κ3) is 3.73. The summed E-state index contributed by atoms with van der Waals surface area (Å²) in [6.07, 6.45) is 3.52. The Bertz CT molecular complexity index is 627. The summed E-state index contributed by atoms with van der Waals surface area (Å²) in [6, 6.07) is 5.27. The molecule has 1 aliphatic heterocycles. The smallest absolute Gasteiger partial charge is 0.253 e. The number of hydrogen-bond donors (Lipinski definition) is 2. The first-order chi connectivity index (χ1) is 10.2. The fourth-order valence-corrected chi connectivity index (χ4v) is 2.61. The first-order valence-corrected chi connectivity index (χ1v) is 7.16. The molecule has 2 N–H and O–H groups in total. The zero-order valence-corrected chi connectivity index (χ0v) is 13.3. The average Bonchev–Trinajstić information content (AvgIpc) is 3.02. The molecule has 1 amide bonds. The van der Waals surface area contributed by atoms with Crippen molar-refractivity contribution in [1.29, 1.82) is 0 Å². The molecule has 2 aromatic rings. The molecule has 1 saturated heterocycles. The second-order valence-corrected chi connectivity index (χ2v) is 5.34. The number of halogens is 2. The second-order valence-electron chi connectivity index (χ2n) is 4.94. The normalized spacial score (nSPS) is 17.6. The van der Waals surface area contributed by atoms with E-state index >= 15 is 0 Å². The van der Waals surface area contributed by atoms with Gasteiger partial charge in [0.1, 0.15) is 6.33 Å². The fourth-order valence-electron chi connectivity index (χ4n) is 2.35. The Kier molecular flexibility index (Phi) is 5.70. The van der Waals surface area contributed by atoms with Gasteiger partial charge in [-0.3, -0.25) is 4.79 Å². The van der Waals surface area contributed by atoms with Gasteiger partial charge in [0.15, 0.2) is 0 Å². The number of aromatic nitrogens is 4. The van der Waals surface area contributed by atoms with E-state index in [1.807, 2.05) is 0 Å². The monoisotopic (exact) mass is 342 g/mol. The highest BCUT2D eigenvalue weighted by atomic mass is 35.5. The van der Waals surface area contributed by atoms with Crippen molar-refractivity contribution in [2.24, 2.45) is 0 Å². The molecule has 9 heteroatoms. The van der Waals surface area contributed by atoms with Gasteiger partial charge in [-0.05, 0) is 48.0 Å². The number of piperidine rings is 1. The summed E-state index contributed by atoms with van der Waals surface area (Å²) in [7, 11) is 0. The average molecular weight is 343 g/mol. The van der Waals surface area contributed by atoms with E-state index in [-0.39, 0.29) is 24.4 Å². The number of benzene rings is 1. The quantitative estimate of drug-likeness (QED) is 0.875. The molecule has 0 spiro atoms. The maximum atomic E-state index is 12.3. The summed E-state index contributed by atoms with van der Waals surface area (Å²) in [5.74, 6) is -0.156. The Morgan fingerprint density at radius 3 is 2.95 bits per heavy atom. The molecule has 0 radical (unpaired) electrons. The molecular formula is C13H16Cl2N6O. The number of nitrogens with zero attached hydrogens (tertiary/aromatic N) is 4. The number of carbonyl (C=O) groups is 1. The molecule has 0 aliphatic carbocycles. The van der Waals surface area contributed by atoms with Gasteiger partial charge in [0.05, 0.1) is 16.3 Å². The van der Waals surface area contributed by atoms with Crippen LogP contribution in [0.3, 0.4) is 0 Å². The molecule has 1 aliphatic rings. The van der Waals surface area contributed by atoms with E-state index in [1.54, 1.807) is 18.2 Å². The summed E-state index contributed by atoms with van der Waals surface area (Å²) < 4.78 is 1.48. The van der Waals surface area contributed by atoms with E-state index in [1.165, 1.54) is 11.0 Å². The third-order valence-corrected chi connectivity index (χ3v) is 3.76. The van der Waals surface area contributed by atoms with Gasteiger partial charge in [0.2, 0.25) is 0 Å². The summed E-state index contributed by atoms with van der Waals surface area (Å²) in [5.41, 5.74) is 1.17. The number of amides is 1. The van der Waals surface area contributed by atoms with Gasteiger partial charge in [-0.2, -0.15) is 0 Å². The van der Waals surface area contributed by atoms with Gasteiger partial charge in [0, 0.05) is 12.6 Å². The van der Waals surface area contributed by atoms with Crippen LogP contribution in [0.1, 0.15) is 23.2 Å². The lowest BCUT2D eigenvalue weighted by Gasteiger charge is -2.24. The van der Waals surface area contributed by atoms with Crippen LogP contribution in [0.15, 0.2) is 24.5 Å². The lowest BCUT2D eigenvalue weighted by molar-refractivity contribution is 0.0931. The number of hydrogen-bond acceptors (Lipinski definition) is 5. The molecule has 3 rings (SSSR count). The molecule has 0 unspecified atom stereocenters. The number of tetrazole rings is 1. The van der Waals surface area contributed by atoms with Crippen LogP contribution in [0, 0.1) is 0 Å². The van der Waals surface area contributed by atoms with Gasteiger partial charge in [-0.1, -0.05) is 11.6 Å². The van der Waals surface area contributed by atoms with Crippen molar-refractivity contribution in [3.63, 3.8) is 0 Å². The summed E-state index contributed by atoms with van der Waals surface area (Å²) in [4.78, 5) is 12.3. The second kappa shape index (κ2) is 7.53. The minimum atomic E-state index is -0.156. The standard InChI is InChI=1S/C13H15ClN6O.ClH/c14-12-6-10(20-8-16-18-19-20)3-4-11(12)13(21)17-9-2-1-5-15-7-9;/h3-4,6,8-9,15H,1-2,5,7H2,(H,17,21);1H/t9-;/m0./s1. The van der Waals surface area contributed by atoms with Crippen LogP contribution in [-0.2, 0) is 0 Å². The molecule has 1 atom stereocenters. The topological polar surface area (TPSA) is 84.7 Å². The first kappa shape index (κ1) is 16.7. The van der Waals surface area contributed by atoms with E-state index in [0.717, 1.165) is 25.9 Å². The maximum Gasteiger partial charge on any atom is 0.253 e. The predicted octanol–water partition coefficient (Wildman–Crippen LogP) is 1.22. The van der Waals surface area contributed by atoms with Crippen molar-refractivity contribution < 1.29 is 4.79 Å². The third-order valence-electron chi connectivity index (χ3n) is 3.44. The Labute approximate surface area is 138 Å². The van der Waals surface area contributed by atoms with Crippen LogP contribution in [0.25, 0.3) is 5.69 Å². The number of rotatable bonds is 3. The van der Waals surface area contributed by atoms with Crippen LogP contribution in [0.5, 0.6) is 0 Å². The van der Waals surface area contributed by atoms with Crippen molar-refractivity contribution in [2.75, 3.05) is 13.1 Å². The van der Waals surface area contributed by atoms with Crippen LogP contribution in [-0.4, -0.2) is 45.2 Å². The first-order valence-electron chi connectivity index (χ1n) is 6.78. The van der Waals surface area contributed by atoms with Gasteiger partial charge in [0.25, 0.3) is 5.91 Å². The Morgan fingerprint density at radius 2 is 2.32 bits per heavy atom. The van der Waals surface area contributed by atoms with Gasteiger partial charge >= 0.3 is 0 Å². The van der Waals surface area contributed by atoms with Crippen LogP contribution in [0.4, 0.5) is 0 Å². The molecule has 1 aromatic carbocycles. The van der Waals surface area contributed by atoms with Crippen molar-refractivity contribution >= 4 is 29.9 Å². The molecule has 22 heavy (non-hydrogen) atoms. The fraction of sp³-hybridized carbons (Fsp3) is 0.385. The predicted molar refractivity (Wildman–Crippen MR) is 84.8 cm³/mol. The van der Waals surface area contributed by atoms with E-state index in [0.29, 0.717) is 16.3 Å². The number of nitrogens with one attached hydrogen (secondary N) is 2. The molecule has 2 heterocycles. The van der Waals surface area contributed by atoms with E-state index in [2.05, 4.69) is 26.2 Å². The van der Waals surface area contributed by atoms with Crippen molar-refractivity contribution in [2.45, 2.75) is 18.9 Å². The molecule has 0 bridgehead atoms. The number of carbonyl (C=O) groups excluding carboxylic acids is 1.